The molecule has 0 unspecified atom stereocenters. The topological polar surface area (TPSA) is 88.9 Å². The maximum Gasteiger partial charge on any atom is 0.339 e. The minimum Gasteiger partial charge on any atom is -0.480 e. The van der Waals surface area contributed by atoms with E-state index in [0.717, 1.165) is 67.1 Å². The Bertz CT molecular complexity index is 1060. The first-order valence-electron chi connectivity index (χ1n) is 11.3. The van der Waals surface area contributed by atoms with Gasteiger partial charge in [0, 0.05) is 42.6 Å². The van der Waals surface area contributed by atoms with E-state index in [1.54, 1.807) is 6.92 Å². The van der Waals surface area contributed by atoms with Gasteiger partial charge in [-0.1, -0.05) is 0 Å². The summed E-state index contributed by atoms with van der Waals surface area (Å²) in [5.74, 6) is 0.526. The fourth-order valence-corrected chi connectivity index (χ4v) is 4.56. The molecule has 1 atom stereocenters. The van der Waals surface area contributed by atoms with Crippen LogP contribution < -0.4 is 15.7 Å². The van der Waals surface area contributed by atoms with Gasteiger partial charge in [-0.3, -0.25) is 9.59 Å². The van der Waals surface area contributed by atoms with Crippen LogP contribution in [0.15, 0.2) is 21.3 Å². The zero-order chi connectivity index (χ0) is 22.0. The van der Waals surface area contributed by atoms with Crippen molar-refractivity contribution in [2.24, 2.45) is 0 Å². The van der Waals surface area contributed by atoms with E-state index in [2.05, 4.69) is 5.32 Å². The highest BCUT2D eigenvalue weighted by Crippen LogP contribution is 2.32. The van der Waals surface area contributed by atoms with Crippen molar-refractivity contribution in [3.05, 3.63) is 39.2 Å². The Labute approximate surface area is 181 Å². The zero-order valence-electron chi connectivity index (χ0n) is 18.3. The molecule has 7 nitrogen and oxygen atoms in total. The summed E-state index contributed by atoms with van der Waals surface area (Å²) in [5, 5.41) is 3.84. The third kappa shape index (κ3) is 4.45. The van der Waals surface area contributed by atoms with Gasteiger partial charge in [-0.2, -0.15) is 0 Å². The minimum atomic E-state index is -0.686. The number of hydrogen-bond donors (Lipinski definition) is 1. The van der Waals surface area contributed by atoms with Crippen LogP contribution in [0.2, 0.25) is 0 Å². The van der Waals surface area contributed by atoms with Crippen molar-refractivity contribution in [1.29, 1.82) is 0 Å². The molecule has 1 aromatic carbocycles. The van der Waals surface area contributed by atoms with E-state index in [1.807, 2.05) is 24.0 Å². The third-order valence-corrected chi connectivity index (χ3v) is 6.34. The highest BCUT2D eigenvalue weighted by Gasteiger charge is 2.22. The summed E-state index contributed by atoms with van der Waals surface area (Å²) in [6, 6.07) is 3.79. The lowest BCUT2D eigenvalue weighted by Crippen LogP contribution is -2.38. The molecule has 166 valence electrons. The summed E-state index contributed by atoms with van der Waals surface area (Å²) in [6.45, 7) is 5.53. The van der Waals surface area contributed by atoms with Crippen LogP contribution in [-0.4, -0.2) is 42.5 Å². The Morgan fingerprint density at radius 2 is 1.94 bits per heavy atom. The second-order valence-corrected chi connectivity index (χ2v) is 8.51. The van der Waals surface area contributed by atoms with Gasteiger partial charge in [-0.25, -0.2) is 4.79 Å². The normalized spacial score (nSPS) is 17.0. The molecule has 0 saturated carbocycles. The molecule has 1 saturated heterocycles. The molecule has 0 spiro atoms. The molecule has 7 heteroatoms. The molecule has 2 heterocycles. The average Bonchev–Trinajstić information content (AvgIpc) is 3.18. The fourth-order valence-electron chi connectivity index (χ4n) is 4.56. The SMILES string of the molecule is Cc1c(O[C@H](C)C(=O)NCCCN2CCCC2=O)ccc2c3c(c(=O)oc12)CCCC3. The number of aryl methyl sites for hydroxylation is 2. The number of fused-ring (bicyclic) bond motifs is 3. The van der Waals surface area contributed by atoms with E-state index in [-0.39, 0.29) is 17.4 Å². The Morgan fingerprint density at radius 1 is 1.16 bits per heavy atom. The van der Waals surface area contributed by atoms with Crippen molar-refractivity contribution in [2.45, 2.75) is 64.9 Å². The second kappa shape index (κ2) is 9.12. The summed E-state index contributed by atoms with van der Waals surface area (Å²) >= 11 is 0. The predicted octanol–water partition coefficient (Wildman–Crippen LogP) is 2.88. The molecule has 2 amide bonds. The van der Waals surface area contributed by atoms with Gasteiger partial charge in [0.1, 0.15) is 11.3 Å². The number of amides is 2. The monoisotopic (exact) mass is 426 g/mol. The number of nitrogens with one attached hydrogen (secondary N) is 1. The van der Waals surface area contributed by atoms with E-state index in [1.165, 1.54) is 0 Å². The van der Waals surface area contributed by atoms with Gasteiger partial charge in [0.05, 0.1) is 0 Å². The van der Waals surface area contributed by atoms with Crippen LogP contribution in [0.3, 0.4) is 0 Å². The molecule has 1 aliphatic carbocycles. The van der Waals surface area contributed by atoms with Crippen LogP contribution >= 0.6 is 0 Å². The molecule has 0 radical (unpaired) electrons. The molecular weight excluding hydrogens is 396 g/mol. The van der Waals surface area contributed by atoms with Crippen LogP contribution in [0.1, 0.15) is 55.7 Å². The van der Waals surface area contributed by atoms with Gasteiger partial charge in [-0.15, -0.1) is 0 Å². The van der Waals surface area contributed by atoms with Gasteiger partial charge in [0.2, 0.25) is 5.91 Å². The molecule has 1 N–H and O–H groups in total. The summed E-state index contributed by atoms with van der Waals surface area (Å²) in [5.41, 5.74) is 2.91. The third-order valence-electron chi connectivity index (χ3n) is 6.34. The summed E-state index contributed by atoms with van der Waals surface area (Å²) in [4.78, 5) is 38.4. The largest absolute Gasteiger partial charge is 0.480 e. The lowest BCUT2D eigenvalue weighted by Gasteiger charge is -2.20. The molecule has 2 aromatic rings. The molecule has 1 fully saturated rings. The van der Waals surface area contributed by atoms with Gasteiger partial charge in [0.25, 0.3) is 5.91 Å². The van der Waals surface area contributed by atoms with E-state index in [9.17, 15) is 14.4 Å². The first-order chi connectivity index (χ1) is 15.0. The van der Waals surface area contributed by atoms with Gasteiger partial charge >= 0.3 is 5.63 Å². The van der Waals surface area contributed by atoms with Crippen molar-refractivity contribution in [3.63, 3.8) is 0 Å². The van der Waals surface area contributed by atoms with Crippen LogP contribution in [-0.2, 0) is 22.4 Å². The number of hydrogen-bond acceptors (Lipinski definition) is 5. The summed E-state index contributed by atoms with van der Waals surface area (Å²) in [7, 11) is 0. The van der Waals surface area contributed by atoms with Crippen LogP contribution in [0, 0.1) is 6.92 Å². The number of carbonyl (C=O) groups excluding carboxylic acids is 2. The molecule has 1 aromatic heterocycles. The molecular formula is C24H30N2O5. The van der Waals surface area contributed by atoms with E-state index in [4.69, 9.17) is 9.15 Å². The summed E-state index contributed by atoms with van der Waals surface area (Å²) < 4.78 is 11.6. The van der Waals surface area contributed by atoms with E-state index in [0.29, 0.717) is 30.8 Å². The Hall–Kier alpha value is -2.83. The zero-order valence-corrected chi connectivity index (χ0v) is 18.3. The first kappa shape index (κ1) is 21.4. The van der Waals surface area contributed by atoms with Crippen molar-refractivity contribution < 1.29 is 18.7 Å². The maximum absolute atomic E-state index is 12.4. The number of nitrogens with zero attached hydrogens (tertiary/aromatic N) is 1. The smallest absolute Gasteiger partial charge is 0.339 e. The number of likely N-dealkylation sites (tertiary alicyclic amines) is 1. The number of rotatable bonds is 7. The van der Waals surface area contributed by atoms with Gasteiger partial charge in [-0.05, 0) is 70.1 Å². The minimum absolute atomic E-state index is 0.197. The van der Waals surface area contributed by atoms with Crippen molar-refractivity contribution in [3.8, 4) is 5.75 Å². The van der Waals surface area contributed by atoms with E-state index < -0.39 is 6.10 Å². The molecule has 4 rings (SSSR count). The average molecular weight is 427 g/mol. The lowest BCUT2D eigenvalue weighted by molar-refractivity contribution is -0.127. The second-order valence-electron chi connectivity index (χ2n) is 8.51. The Balaban J connectivity index is 1.39. The van der Waals surface area contributed by atoms with Crippen LogP contribution in [0.5, 0.6) is 5.75 Å². The molecule has 0 bridgehead atoms. The standard InChI is InChI=1S/C24H30N2O5/c1-15-20(11-10-18-17-7-3-4-8-19(17)24(29)31-22(15)18)30-16(2)23(28)25-12-6-14-26-13-5-9-21(26)27/h10-11,16H,3-9,12-14H2,1-2H3,(H,25,28)/t16-/m1/s1. The van der Waals surface area contributed by atoms with Gasteiger partial charge in [0.15, 0.2) is 6.10 Å². The van der Waals surface area contributed by atoms with Crippen molar-refractivity contribution in [1.82, 2.24) is 10.2 Å². The summed E-state index contributed by atoms with van der Waals surface area (Å²) in [6.07, 6.45) is 5.34. The molecule has 2 aliphatic rings. The number of ether oxygens (including phenoxy) is 1. The Kier molecular flexibility index (Phi) is 6.30. The van der Waals surface area contributed by atoms with Crippen LogP contribution in [0.25, 0.3) is 11.0 Å². The Morgan fingerprint density at radius 3 is 2.68 bits per heavy atom. The first-order valence-corrected chi connectivity index (χ1v) is 11.3. The lowest BCUT2D eigenvalue weighted by atomic mass is 9.90. The van der Waals surface area contributed by atoms with Gasteiger partial charge < -0.3 is 19.4 Å². The predicted molar refractivity (Wildman–Crippen MR) is 117 cm³/mol. The highest BCUT2D eigenvalue weighted by molar-refractivity contribution is 5.86. The quantitative estimate of drug-likeness (QED) is 0.543. The number of benzene rings is 1. The van der Waals surface area contributed by atoms with Crippen LogP contribution in [0.4, 0.5) is 0 Å². The maximum atomic E-state index is 12.4. The number of carbonyl (C=O) groups is 2. The van der Waals surface area contributed by atoms with E-state index >= 15 is 0 Å². The van der Waals surface area contributed by atoms with Crippen molar-refractivity contribution >= 4 is 22.8 Å². The molecule has 1 aliphatic heterocycles. The fraction of sp³-hybridized carbons (Fsp3) is 0.542. The highest BCUT2D eigenvalue weighted by atomic mass is 16.5. The van der Waals surface area contributed by atoms with Crippen molar-refractivity contribution in [2.75, 3.05) is 19.6 Å². The molecule has 31 heavy (non-hydrogen) atoms.